The topological polar surface area (TPSA) is 86.6 Å². The van der Waals surface area contributed by atoms with E-state index in [4.69, 9.17) is 9.90 Å². The molecule has 2 fully saturated rings. The zero-order chi connectivity index (χ0) is 22.5. The second-order valence-electron chi connectivity index (χ2n) is 7.79. The number of aliphatic carboxylic acids is 1. The van der Waals surface area contributed by atoms with Gasteiger partial charge in [0.05, 0.1) is 5.51 Å². The minimum Gasteiger partial charge on any atom is -0.475 e. The molecule has 1 spiro atoms. The Morgan fingerprint density at radius 3 is 2.42 bits per heavy atom. The van der Waals surface area contributed by atoms with Gasteiger partial charge in [0.1, 0.15) is 5.69 Å². The Labute approximate surface area is 181 Å². The monoisotopic (exact) mass is 456 g/mol. The average molecular weight is 456 g/mol. The smallest absolute Gasteiger partial charge is 0.475 e. The number of piperidine rings is 1. The van der Waals surface area contributed by atoms with Crippen LogP contribution in [0.1, 0.15) is 35.3 Å². The van der Waals surface area contributed by atoms with Crippen molar-refractivity contribution in [3.8, 4) is 0 Å². The van der Waals surface area contributed by atoms with E-state index in [0.717, 1.165) is 39.1 Å². The lowest BCUT2D eigenvalue weighted by atomic mass is 9.77. The summed E-state index contributed by atoms with van der Waals surface area (Å²) in [5.41, 5.74) is 3.93. The van der Waals surface area contributed by atoms with Crippen LogP contribution in [0.2, 0.25) is 0 Å². The van der Waals surface area contributed by atoms with Gasteiger partial charge in [-0.05, 0) is 49.4 Å². The second-order valence-corrected chi connectivity index (χ2v) is 8.51. The predicted octanol–water partition coefficient (Wildman–Crippen LogP) is 3.30. The highest BCUT2D eigenvalue weighted by Gasteiger charge is 2.42. The highest BCUT2D eigenvalue weighted by Crippen LogP contribution is 2.41. The number of hydrogen-bond donors (Lipinski definition) is 1. The summed E-state index contributed by atoms with van der Waals surface area (Å²) < 4.78 is 31.7. The molecule has 11 heteroatoms. The molecule has 4 rings (SSSR count). The number of halogens is 3. The van der Waals surface area contributed by atoms with Crippen molar-refractivity contribution in [3.05, 3.63) is 46.7 Å². The molecule has 0 radical (unpaired) electrons. The van der Waals surface area contributed by atoms with E-state index < -0.39 is 12.1 Å². The summed E-state index contributed by atoms with van der Waals surface area (Å²) in [6, 6.07) is 4.14. The molecule has 2 aromatic rings. The molecule has 2 aromatic heterocycles. The van der Waals surface area contributed by atoms with Gasteiger partial charge in [0.15, 0.2) is 0 Å². The lowest BCUT2D eigenvalue weighted by Crippen LogP contribution is -2.42. The fourth-order valence-electron chi connectivity index (χ4n) is 3.93. The number of nitrogens with zero attached hydrogens (tertiary/aromatic N) is 4. The van der Waals surface area contributed by atoms with Crippen LogP contribution < -0.4 is 0 Å². The van der Waals surface area contributed by atoms with Crippen LogP contribution in [-0.4, -0.2) is 69.1 Å². The van der Waals surface area contributed by atoms with Crippen LogP contribution in [0.25, 0.3) is 0 Å². The number of carbonyl (C=O) groups is 2. The molecule has 31 heavy (non-hydrogen) atoms. The minimum absolute atomic E-state index is 0.103. The number of pyridine rings is 1. The molecule has 0 unspecified atom stereocenters. The maximum absolute atomic E-state index is 12.5. The first kappa shape index (κ1) is 23.1. The van der Waals surface area contributed by atoms with Crippen LogP contribution in [0.15, 0.2) is 35.4 Å². The molecule has 2 aliphatic heterocycles. The SMILES string of the molecule is O=C(O)C(F)(F)F.O=C(c1cscn1)N1CCC2(CCN(Cc3cccnc3)CC2)C1. The molecular weight excluding hydrogens is 433 g/mol. The molecule has 2 aliphatic rings. The molecule has 7 nitrogen and oxygen atoms in total. The Morgan fingerprint density at radius 1 is 1.19 bits per heavy atom. The number of carboxylic acid groups (broad SMARTS) is 1. The number of thiazole rings is 1. The third-order valence-electron chi connectivity index (χ3n) is 5.67. The van der Waals surface area contributed by atoms with Gasteiger partial charge >= 0.3 is 12.1 Å². The first-order valence-electron chi connectivity index (χ1n) is 9.77. The summed E-state index contributed by atoms with van der Waals surface area (Å²) in [6.07, 6.45) is 2.17. The zero-order valence-electron chi connectivity index (χ0n) is 16.7. The largest absolute Gasteiger partial charge is 0.490 e. The highest BCUT2D eigenvalue weighted by molar-refractivity contribution is 7.07. The lowest BCUT2D eigenvalue weighted by Gasteiger charge is -2.39. The quantitative estimate of drug-likeness (QED) is 0.763. The number of alkyl halides is 3. The van der Waals surface area contributed by atoms with Crippen molar-refractivity contribution in [2.24, 2.45) is 5.41 Å². The summed E-state index contributed by atoms with van der Waals surface area (Å²) in [4.78, 5) is 34.3. The van der Waals surface area contributed by atoms with Gasteiger partial charge in [-0.1, -0.05) is 6.07 Å². The van der Waals surface area contributed by atoms with Crippen LogP contribution >= 0.6 is 11.3 Å². The Bertz CT molecular complexity index is 870. The summed E-state index contributed by atoms with van der Waals surface area (Å²) in [6.45, 7) is 4.95. The molecule has 0 saturated carbocycles. The number of hydrogen-bond acceptors (Lipinski definition) is 6. The van der Waals surface area contributed by atoms with Crippen LogP contribution in [-0.2, 0) is 11.3 Å². The van der Waals surface area contributed by atoms with Crippen molar-refractivity contribution in [2.75, 3.05) is 26.2 Å². The third-order valence-corrected chi connectivity index (χ3v) is 6.25. The first-order chi connectivity index (χ1) is 14.7. The van der Waals surface area contributed by atoms with E-state index in [2.05, 4.69) is 20.9 Å². The standard InChI is InChI=1S/C18H22N4OS.C2HF3O2/c23-17(16-12-24-14-20-16)22-9-5-18(13-22)3-7-21(8-4-18)11-15-2-1-6-19-10-15;3-2(4,5)1(6)7/h1-2,6,10,12,14H,3-5,7-9,11,13H2;(H,6,7). The summed E-state index contributed by atoms with van der Waals surface area (Å²) in [5.74, 6) is -2.65. The summed E-state index contributed by atoms with van der Waals surface area (Å²) in [7, 11) is 0. The Balaban J connectivity index is 0.000000339. The molecule has 4 heterocycles. The van der Waals surface area contributed by atoms with E-state index in [-0.39, 0.29) is 5.91 Å². The number of carbonyl (C=O) groups excluding carboxylic acids is 1. The Kier molecular flexibility index (Phi) is 7.26. The van der Waals surface area contributed by atoms with E-state index in [1.165, 1.54) is 29.7 Å². The summed E-state index contributed by atoms with van der Waals surface area (Å²) in [5, 5.41) is 8.98. The predicted molar refractivity (Wildman–Crippen MR) is 108 cm³/mol. The van der Waals surface area contributed by atoms with Crippen molar-refractivity contribution >= 4 is 23.2 Å². The normalized spacial score (nSPS) is 18.5. The Morgan fingerprint density at radius 2 is 1.87 bits per heavy atom. The first-order valence-corrected chi connectivity index (χ1v) is 10.7. The number of amides is 1. The minimum atomic E-state index is -5.08. The molecule has 1 N–H and O–H groups in total. The number of rotatable bonds is 3. The van der Waals surface area contributed by atoms with Crippen molar-refractivity contribution in [1.82, 2.24) is 19.8 Å². The molecule has 168 valence electrons. The lowest BCUT2D eigenvalue weighted by molar-refractivity contribution is -0.192. The van der Waals surface area contributed by atoms with E-state index in [1.54, 1.807) is 5.51 Å². The fourth-order valence-corrected chi connectivity index (χ4v) is 4.46. The van der Waals surface area contributed by atoms with Gasteiger partial charge in [-0.2, -0.15) is 13.2 Å². The van der Waals surface area contributed by atoms with Crippen molar-refractivity contribution in [1.29, 1.82) is 0 Å². The number of aromatic nitrogens is 2. The molecule has 0 atom stereocenters. The molecule has 0 aliphatic carbocycles. The van der Waals surface area contributed by atoms with Crippen LogP contribution in [0.3, 0.4) is 0 Å². The van der Waals surface area contributed by atoms with Crippen molar-refractivity contribution < 1.29 is 27.9 Å². The van der Waals surface area contributed by atoms with Gasteiger partial charge in [0.25, 0.3) is 5.91 Å². The molecule has 0 bridgehead atoms. The van der Waals surface area contributed by atoms with Gasteiger partial charge in [-0.15, -0.1) is 11.3 Å². The molecular formula is C20H23F3N4O3S. The van der Waals surface area contributed by atoms with Gasteiger partial charge in [-0.3, -0.25) is 14.7 Å². The van der Waals surface area contributed by atoms with Crippen LogP contribution in [0.4, 0.5) is 13.2 Å². The molecule has 1 amide bonds. The van der Waals surface area contributed by atoms with E-state index in [0.29, 0.717) is 11.1 Å². The maximum Gasteiger partial charge on any atom is 0.490 e. The molecule has 2 saturated heterocycles. The fraction of sp³-hybridized carbons (Fsp3) is 0.500. The van der Waals surface area contributed by atoms with Crippen LogP contribution in [0, 0.1) is 5.41 Å². The summed E-state index contributed by atoms with van der Waals surface area (Å²) >= 11 is 1.48. The van der Waals surface area contributed by atoms with Gasteiger partial charge in [0, 0.05) is 37.4 Å². The number of carboxylic acids is 1. The zero-order valence-corrected chi connectivity index (χ0v) is 17.5. The van der Waals surface area contributed by atoms with E-state index >= 15 is 0 Å². The van der Waals surface area contributed by atoms with Gasteiger partial charge in [-0.25, -0.2) is 9.78 Å². The molecule has 0 aromatic carbocycles. The van der Waals surface area contributed by atoms with Crippen LogP contribution in [0.5, 0.6) is 0 Å². The van der Waals surface area contributed by atoms with Crippen molar-refractivity contribution in [3.63, 3.8) is 0 Å². The third kappa shape index (κ3) is 6.23. The van der Waals surface area contributed by atoms with Gasteiger partial charge < -0.3 is 10.0 Å². The number of likely N-dealkylation sites (tertiary alicyclic amines) is 2. The van der Waals surface area contributed by atoms with E-state index in [9.17, 15) is 18.0 Å². The second kappa shape index (κ2) is 9.73. The maximum atomic E-state index is 12.5. The Hall–Kier alpha value is -2.53. The highest BCUT2D eigenvalue weighted by atomic mass is 32.1. The van der Waals surface area contributed by atoms with E-state index in [1.807, 2.05) is 28.7 Å². The average Bonchev–Trinajstić information content (AvgIpc) is 3.41. The van der Waals surface area contributed by atoms with Gasteiger partial charge in [0.2, 0.25) is 0 Å². The van der Waals surface area contributed by atoms with Crippen molar-refractivity contribution in [2.45, 2.75) is 32.0 Å².